The summed E-state index contributed by atoms with van der Waals surface area (Å²) in [5.74, 6) is 1.29. The molecule has 1 heterocycles. The zero-order valence-electron chi connectivity index (χ0n) is 21.0. The Bertz CT molecular complexity index is 1100. The SMILES string of the molecule is CC(C)(C)[Si](C)(C)OC[C@@H]1CN(Cc2ccccc2)c2cc(OCc3ccccc3)cc(I)c21. The van der Waals surface area contributed by atoms with Crippen LogP contribution in [0.15, 0.2) is 72.8 Å². The van der Waals surface area contributed by atoms with E-state index in [4.69, 9.17) is 9.16 Å². The summed E-state index contributed by atoms with van der Waals surface area (Å²) in [6.07, 6.45) is 0. The number of hydrogen-bond donors (Lipinski definition) is 0. The van der Waals surface area contributed by atoms with Crippen molar-refractivity contribution in [1.29, 1.82) is 0 Å². The molecule has 3 aromatic rings. The maximum absolute atomic E-state index is 6.70. The molecule has 34 heavy (non-hydrogen) atoms. The second kappa shape index (κ2) is 10.4. The van der Waals surface area contributed by atoms with Crippen LogP contribution >= 0.6 is 22.6 Å². The molecule has 0 unspecified atom stereocenters. The lowest BCUT2D eigenvalue weighted by atomic mass is 10.0. The van der Waals surface area contributed by atoms with Gasteiger partial charge in [-0.25, -0.2) is 0 Å². The van der Waals surface area contributed by atoms with Gasteiger partial charge in [-0.05, 0) is 63.5 Å². The third-order valence-electron chi connectivity index (χ3n) is 7.19. The lowest BCUT2D eigenvalue weighted by Crippen LogP contribution is -2.42. The zero-order chi connectivity index (χ0) is 24.3. The number of anilines is 1. The van der Waals surface area contributed by atoms with Gasteiger partial charge in [0.2, 0.25) is 0 Å². The minimum atomic E-state index is -1.81. The van der Waals surface area contributed by atoms with Gasteiger partial charge in [-0.15, -0.1) is 0 Å². The summed E-state index contributed by atoms with van der Waals surface area (Å²) in [6.45, 7) is 14.8. The van der Waals surface area contributed by atoms with E-state index in [-0.39, 0.29) is 5.04 Å². The molecule has 3 nitrogen and oxygen atoms in total. The Morgan fingerprint density at radius 1 is 0.941 bits per heavy atom. The van der Waals surface area contributed by atoms with Gasteiger partial charge in [0.05, 0.1) is 0 Å². The van der Waals surface area contributed by atoms with Crippen LogP contribution in [0.5, 0.6) is 5.75 Å². The molecule has 0 bridgehead atoms. The first-order valence-corrected chi connectivity index (χ1v) is 16.1. The molecule has 0 saturated heterocycles. The summed E-state index contributed by atoms with van der Waals surface area (Å²) in [4.78, 5) is 2.50. The van der Waals surface area contributed by atoms with E-state index in [2.05, 4.69) is 128 Å². The Morgan fingerprint density at radius 3 is 2.18 bits per heavy atom. The zero-order valence-corrected chi connectivity index (χ0v) is 24.1. The summed E-state index contributed by atoms with van der Waals surface area (Å²) in [6, 6.07) is 25.5. The number of benzene rings is 3. The molecule has 5 heteroatoms. The second-order valence-corrected chi connectivity index (χ2v) is 16.7. The van der Waals surface area contributed by atoms with Crippen LogP contribution in [0.4, 0.5) is 5.69 Å². The van der Waals surface area contributed by atoms with Gasteiger partial charge in [0.25, 0.3) is 0 Å². The van der Waals surface area contributed by atoms with Crippen LogP contribution in [0.2, 0.25) is 18.1 Å². The van der Waals surface area contributed by atoms with Crippen LogP contribution in [0.25, 0.3) is 0 Å². The summed E-state index contributed by atoms with van der Waals surface area (Å²) in [5, 5.41) is 0.209. The monoisotopic (exact) mass is 585 g/mol. The fourth-order valence-corrected chi connectivity index (χ4v) is 6.21. The van der Waals surface area contributed by atoms with Crippen molar-refractivity contribution in [2.75, 3.05) is 18.1 Å². The van der Waals surface area contributed by atoms with Crippen molar-refractivity contribution in [2.24, 2.45) is 0 Å². The second-order valence-electron chi connectivity index (χ2n) is 10.7. The minimum Gasteiger partial charge on any atom is -0.489 e. The van der Waals surface area contributed by atoms with Gasteiger partial charge < -0.3 is 14.1 Å². The highest BCUT2D eigenvalue weighted by Gasteiger charge is 2.39. The Balaban J connectivity index is 1.59. The van der Waals surface area contributed by atoms with Crippen molar-refractivity contribution >= 4 is 36.6 Å². The van der Waals surface area contributed by atoms with E-state index in [0.717, 1.165) is 25.4 Å². The molecule has 0 radical (unpaired) electrons. The summed E-state index contributed by atoms with van der Waals surface area (Å²) in [5.41, 5.74) is 5.19. The number of nitrogens with zero attached hydrogens (tertiary/aromatic N) is 1. The van der Waals surface area contributed by atoms with E-state index in [1.807, 2.05) is 6.07 Å². The smallest absolute Gasteiger partial charge is 0.192 e. The van der Waals surface area contributed by atoms with E-state index < -0.39 is 8.32 Å². The van der Waals surface area contributed by atoms with E-state index in [1.54, 1.807) is 0 Å². The fourth-order valence-electron chi connectivity index (χ4n) is 4.14. The van der Waals surface area contributed by atoms with E-state index in [0.29, 0.717) is 12.5 Å². The predicted molar refractivity (Wildman–Crippen MR) is 153 cm³/mol. The molecule has 4 rings (SSSR count). The topological polar surface area (TPSA) is 21.7 Å². The molecule has 0 aromatic heterocycles. The van der Waals surface area contributed by atoms with Crippen LogP contribution in [-0.2, 0) is 17.6 Å². The van der Waals surface area contributed by atoms with Crippen molar-refractivity contribution in [2.45, 2.75) is 58.0 Å². The van der Waals surface area contributed by atoms with Crippen molar-refractivity contribution in [3.05, 3.63) is 93.1 Å². The van der Waals surface area contributed by atoms with Crippen LogP contribution in [0, 0.1) is 3.57 Å². The molecule has 0 aliphatic carbocycles. The number of hydrogen-bond acceptors (Lipinski definition) is 3. The lowest BCUT2D eigenvalue weighted by molar-refractivity contribution is 0.266. The highest BCUT2D eigenvalue weighted by atomic mass is 127. The summed E-state index contributed by atoms with van der Waals surface area (Å²) in [7, 11) is -1.81. The first kappa shape index (κ1) is 25.3. The van der Waals surface area contributed by atoms with Crippen molar-refractivity contribution in [1.82, 2.24) is 0 Å². The van der Waals surface area contributed by atoms with Gasteiger partial charge in [0.1, 0.15) is 12.4 Å². The molecule has 0 fully saturated rings. The normalized spacial score (nSPS) is 15.9. The largest absolute Gasteiger partial charge is 0.489 e. The number of ether oxygens (including phenoxy) is 1. The van der Waals surface area contributed by atoms with E-state index in [9.17, 15) is 0 Å². The first-order chi connectivity index (χ1) is 16.1. The molecule has 1 atom stereocenters. The molecule has 1 aliphatic rings. The predicted octanol–water partition coefficient (Wildman–Crippen LogP) is 8.00. The third-order valence-corrected chi connectivity index (χ3v) is 12.6. The van der Waals surface area contributed by atoms with Gasteiger partial charge in [-0.3, -0.25) is 0 Å². The van der Waals surface area contributed by atoms with E-state index >= 15 is 0 Å². The van der Waals surface area contributed by atoms with Crippen molar-refractivity contribution in [3.63, 3.8) is 0 Å². The van der Waals surface area contributed by atoms with Crippen LogP contribution in [0.1, 0.15) is 43.4 Å². The molecule has 180 valence electrons. The Labute approximate surface area is 219 Å². The van der Waals surface area contributed by atoms with Gasteiger partial charge in [-0.1, -0.05) is 81.4 Å². The molecule has 0 N–H and O–H groups in total. The molecule has 3 aromatic carbocycles. The van der Waals surface area contributed by atoms with Crippen LogP contribution in [0.3, 0.4) is 0 Å². The molecule has 0 saturated carbocycles. The van der Waals surface area contributed by atoms with Crippen LogP contribution in [-0.4, -0.2) is 21.5 Å². The van der Waals surface area contributed by atoms with Gasteiger partial charge in [0.15, 0.2) is 8.32 Å². The standard InChI is InChI=1S/C29H36INO2Si/c1-29(2,3)34(4,5)33-21-24-19-31(18-22-12-8-6-9-13-22)27-17-25(16-26(30)28(24)27)32-20-23-14-10-7-11-15-23/h6-17,24H,18-21H2,1-5H3/t24-/m0/s1. The number of rotatable bonds is 8. The minimum absolute atomic E-state index is 0.209. The van der Waals surface area contributed by atoms with Gasteiger partial charge in [0, 0.05) is 40.9 Å². The Hall–Kier alpha value is -1.83. The highest BCUT2D eigenvalue weighted by molar-refractivity contribution is 14.1. The van der Waals surface area contributed by atoms with Gasteiger partial charge in [-0.2, -0.15) is 0 Å². The third kappa shape index (κ3) is 5.86. The van der Waals surface area contributed by atoms with Gasteiger partial charge >= 0.3 is 0 Å². The lowest BCUT2D eigenvalue weighted by Gasteiger charge is -2.37. The molecular weight excluding hydrogens is 549 g/mol. The number of fused-ring (bicyclic) bond motifs is 1. The maximum atomic E-state index is 6.70. The fraction of sp³-hybridized carbons (Fsp3) is 0.379. The Morgan fingerprint density at radius 2 is 1.56 bits per heavy atom. The van der Waals surface area contributed by atoms with Crippen LogP contribution < -0.4 is 9.64 Å². The summed E-state index contributed by atoms with van der Waals surface area (Å²) < 4.78 is 14.2. The quantitative estimate of drug-likeness (QED) is 0.198. The van der Waals surface area contributed by atoms with E-state index in [1.165, 1.54) is 25.9 Å². The number of halogens is 1. The average molecular weight is 586 g/mol. The first-order valence-electron chi connectivity index (χ1n) is 12.1. The van der Waals surface area contributed by atoms with Crippen molar-refractivity contribution < 1.29 is 9.16 Å². The maximum Gasteiger partial charge on any atom is 0.192 e. The summed E-state index contributed by atoms with van der Waals surface area (Å²) >= 11 is 2.49. The Kier molecular flexibility index (Phi) is 7.74. The average Bonchev–Trinajstić information content (AvgIpc) is 3.15. The molecular formula is C29H36INO2Si. The molecule has 1 aliphatic heterocycles. The van der Waals surface area contributed by atoms with Crippen molar-refractivity contribution in [3.8, 4) is 5.75 Å². The molecule has 0 amide bonds. The molecule has 0 spiro atoms. The highest BCUT2D eigenvalue weighted by Crippen LogP contribution is 2.44.